The van der Waals surface area contributed by atoms with Crippen molar-refractivity contribution in [2.24, 2.45) is 5.73 Å². The first-order valence-corrected chi connectivity index (χ1v) is 5.38. The molecule has 1 unspecified atom stereocenters. The molecule has 0 aliphatic heterocycles. The van der Waals surface area contributed by atoms with E-state index in [1.54, 1.807) is 25.1 Å². The average molecular weight is 227 g/mol. The highest BCUT2D eigenvalue weighted by Crippen LogP contribution is 2.19. The van der Waals surface area contributed by atoms with E-state index in [2.05, 4.69) is 0 Å². The Morgan fingerprint density at radius 2 is 2.19 bits per heavy atom. The van der Waals surface area contributed by atoms with E-state index in [4.69, 9.17) is 15.2 Å². The van der Waals surface area contributed by atoms with Gasteiger partial charge in [0.1, 0.15) is 12.7 Å². The monoisotopic (exact) mass is 227 g/mol. The summed E-state index contributed by atoms with van der Waals surface area (Å²) in [7, 11) is 0. The average Bonchev–Trinajstić information content (AvgIpc) is 2.29. The van der Waals surface area contributed by atoms with E-state index in [1.807, 2.05) is 6.92 Å². The van der Waals surface area contributed by atoms with Crippen LogP contribution in [0.4, 0.5) is 4.39 Å². The predicted molar refractivity (Wildman–Crippen MR) is 61.1 cm³/mol. The molecule has 1 aromatic carbocycles. The van der Waals surface area contributed by atoms with Gasteiger partial charge < -0.3 is 15.2 Å². The molecule has 0 aromatic heterocycles. The SMILES string of the molecule is CCOC(CN)COc1cccc(C)c1F. The number of hydrogen-bond donors (Lipinski definition) is 1. The van der Waals surface area contributed by atoms with Crippen molar-refractivity contribution >= 4 is 0 Å². The topological polar surface area (TPSA) is 44.5 Å². The molecule has 16 heavy (non-hydrogen) atoms. The van der Waals surface area contributed by atoms with Crippen LogP contribution in [0.3, 0.4) is 0 Å². The number of hydrogen-bond acceptors (Lipinski definition) is 3. The summed E-state index contributed by atoms with van der Waals surface area (Å²) in [6.07, 6.45) is -0.190. The van der Waals surface area contributed by atoms with E-state index < -0.39 is 0 Å². The molecule has 1 rings (SSSR count). The second kappa shape index (κ2) is 6.45. The lowest BCUT2D eigenvalue weighted by molar-refractivity contribution is 0.0326. The molecule has 0 aliphatic carbocycles. The fourth-order valence-electron chi connectivity index (χ4n) is 1.33. The summed E-state index contributed by atoms with van der Waals surface area (Å²) in [5.41, 5.74) is 6.06. The van der Waals surface area contributed by atoms with Gasteiger partial charge in [-0.2, -0.15) is 0 Å². The molecule has 3 nitrogen and oxygen atoms in total. The van der Waals surface area contributed by atoms with Crippen LogP contribution in [0.25, 0.3) is 0 Å². The van der Waals surface area contributed by atoms with Crippen LogP contribution in [-0.4, -0.2) is 25.9 Å². The van der Waals surface area contributed by atoms with E-state index in [9.17, 15) is 4.39 Å². The molecule has 2 N–H and O–H groups in total. The van der Waals surface area contributed by atoms with Gasteiger partial charge in [-0.25, -0.2) is 4.39 Å². The number of benzene rings is 1. The maximum atomic E-state index is 13.5. The third kappa shape index (κ3) is 3.47. The molecule has 0 aliphatic rings. The van der Waals surface area contributed by atoms with Crippen LogP contribution >= 0.6 is 0 Å². The number of nitrogens with two attached hydrogens (primary N) is 1. The van der Waals surface area contributed by atoms with Crippen molar-refractivity contribution in [3.8, 4) is 5.75 Å². The van der Waals surface area contributed by atoms with E-state index in [0.717, 1.165) is 0 Å². The van der Waals surface area contributed by atoms with Crippen LogP contribution in [0, 0.1) is 12.7 Å². The van der Waals surface area contributed by atoms with Gasteiger partial charge in [0.15, 0.2) is 11.6 Å². The first kappa shape index (κ1) is 12.9. The first-order valence-electron chi connectivity index (χ1n) is 5.38. The minimum atomic E-state index is -0.324. The van der Waals surface area contributed by atoms with Crippen molar-refractivity contribution in [3.05, 3.63) is 29.6 Å². The number of ether oxygens (including phenoxy) is 2. The van der Waals surface area contributed by atoms with Gasteiger partial charge in [-0.1, -0.05) is 12.1 Å². The molecule has 90 valence electrons. The third-order valence-electron chi connectivity index (χ3n) is 2.25. The quantitative estimate of drug-likeness (QED) is 0.807. The molecule has 0 bridgehead atoms. The maximum Gasteiger partial charge on any atom is 0.167 e. The molecule has 0 saturated carbocycles. The van der Waals surface area contributed by atoms with Crippen LogP contribution in [0.15, 0.2) is 18.2 Å². The Bertz CT molecular complexity index is 331. The highest BCUT2D eigenvalue weighted by molar-refractivity contribution is 5.30. The number of aryl methyl sites for hydroxylation is 1. The maximum absolute atomic E-state index is 13.5. The van der Waals surface area contributed by atoms with Gasteiger partial charge in [0.25, 0.3) is 0 Å². The molecular formula is C12H18FNO2. The van der Waals surface area contributed by atoms with E-state index in [1.165, 1.54) is 0 Å². The molecule has 0 amide bonds. The van der Waals surface area contributed by atoms with Crippen LogP contribution < -0.4 is 10.5 Å². The normalized spacial score (nSPS) is 12.5. The third-order valence-corrected chi connectivity index (χ3v) is 2.25. The van der Waals surface area contributed by atoms with Gasteiger partial charge >= 0.3 is 0 Å². The van der Waals surface area contributed by atoms with Crippen LogP contribution in [0.5, 0.6) is 5.75 Å². The smallest absolute Gasteiger partial charge is 0.167 e. The van der Waals surface area contributed by atoms with Gasteiger partial charge in [0, 0.05) is 13.2 Å². The minimum absolute atomic E-state index is 0.190. The Kier molecular flexibility index (Phi) is 5.22. The first-order chi connectivity index (χ1) is 7.69. The summed E-state index contributed by atoms with van der Waals surface area (Å²) in [6.45, 7) is 4.79. The number of halogens is 1. The zero-order valence-corrected chi connectivity index (χ0v) is 9.70. The van der Waals surface area contributed by atoms with Crippen molar-refractivity contribution < 1.29 is 13.9 Å². The van der Waals surface area contributed by atoms with E-state index in [-0.39, 0.29) is 24.3 Å². The summed E-state index contributed by atoms with van der Waals surface area (Å²) >= 11 is 0. The van der Waals surface area contributed by atoms with Crippen molar-refractivity contribution in [2.45, 2.75) is 20.0 Å². The zero-order chi connectivity index (χ0) is 12.0. The van der Waals surface area contributed by atoms with Gasteiger partial charge in [0.05, 0.1) is 0 Å². The molecule has 1 atom stereocenters. The molecule has 0 radical (unpaired) electrons. The summed E-state index contributed by atoms with van der Waals surface area (Å²) in [5, 5.41) is 0. The van der Waals surface area contributed by atoms with Gasteiger partial charge in [-0.05, 0) is 25.5 Å². The highest BCUT2D eigenvalue weighted by atomic mass is 19.1. The fourth-order valence-corrected chi connectivity index (χ4v) is 1.33. The Morgan fingerprint density at radius 3 is 2.81 bits per heavy atom. The van der Waals surface area contributed by atoms with E-state index >= 15 is 0 Å². The van der Waals surface area contributed by atoms with Crippen molar-refractivity contribution in [1.82, 2.24) is 0 Å². The summed E-state index contributed by atoms with van der Waals surface area (Å²) in [4.78, 5) is 0. The lowest BCUT2D eigenvalue weighted by Crippen LogP contribution is -2.30. The molecule has 1 aromatic rings. The molecule has 0 spiro atoms. The van der Waals surface area contributed by atoms with Crippen LogP contribution in [-0.2, 0) is 4.74 Å². The molecule has 0 saturated heterocycles. The zero-order valence-electron chi connectivity index (χ0n) is 9.70. The Labute approximate surface area is 95.4 Å². The van der Waals surface area contributed by atoms with Crippen molar-refractivity contribution in [1.29, 1.82) is 0 Å². The van der Waals surface area contributed by atoms with Crippen molar-refractivity contribution in [2.75, 3.05) is 19.8 Å². The summed E-state index contributed by atoms with van der Waals surface area (Å²) < 4.78 is 24.2. The van der Waals surface area contributed by atoms with Gasteiger partial charge in [-0.15, -0.1) is 0 Å². The lowest BCUT2D eigenvalue weighted by Gasteiger charge is -2.16. The van der Waals surface area contributed by atoms with Crippen molar-refractivity contribution in [3.63, 3.8) is 0 Å². The summed E-state index contributed by atoms with van der Waals surface area (Å²) in [5.74, 6) is -0.0760. The van der Waals surface area contributed by atoms with Gasteiger partial charge in [-0.3, -0.25) is 0 Å². The van der Waals surface area contributed by atoms with Crippen LogP contribution in [0.1, 0.15) is 12.5 Å². The Morgan fingerprint density at radius 1 is 1.44 bits per heavy atom. The van der Waals surface area contributed by atoms with Crippen LogP contribution in [0.2, 0.25) is 0 Å². The number of rotatable bonds is 6. The lowest BCUT2D eigenvalue weighted by atomic mass is 10.2. The molecule has 4 heteroatoms. The second-order valence-electron chi connectivity index (χ2n) is 3.51. The molecule has 0 fully saturated rings. The minimum Gasteiger partial charge on any atom is -0.488 e. The van der Waals surface area contributed by atoms with Gasteiger partial charge in [0.2, 0.25) is 0 Å². The second-order valence-corrected chi connectivity index (χ2v) is 3.51. The van der Waals surface area contributed by atoms with E-state index in [0.29, 0.717) is 18.7 Å². The molecular weight excluding hydrogens is 209 g/mol. The summed E-state index contributed by atoms with van der Waals surface area (Å²) in [6, 6.07) is 5.05. The standard InChI is InChI=1S/C12H18FNO2/c1-3-15-10(7-14)8-16-11-6-4-5-9(2)12(11)13/h4-6,10H,3,7-8,14H2,1-2H3. The highest BCUT2D eigenvalue weighted by Gasteiger charge is 2.10. The Balaban J connectivity index is 2.56. The molecule has 0 heterocycles. The predicted octanol–water partition coefficient (Wildman–Crippen LogP) is 1.88. The fraction of sp³-hybridized carbons (Fsp3) is 0.500. The largest absolute Gasteiger partial charge is 0.488 e. The Hall–Kier alpha value is -1.13.